The molecular formula is C16H18ClN2O2+. The lowest BCUT2D eigenvalue weighted by Gasteiger charge is -2.07. The first-order chi connectivity index (χ1) is 10.1. The lowest BCUT2D eigenvalue weighted by Crippen LogP contribution is -2.39. The van der Waals surface area contributed by atoms with Crippen molar-refractivity contribution >= 4 is 23.2 Å². The number of carbonyl (C=O) groups is 1. The zero-order valence-corrected chi connectivity index (χ0v) is 12.9. The number of benzene rings is 1. The fourth-order valence-corrected chi connectivity index (χ4v) is 2.20. The Morgan fingerprint density at radius 2 is 2.00 bits per heavy atom. The zero-order valence-electron chi connectivity index (χ0n) is 12.1. The highest BCUT2D eigenvalue weighted by Crippen LogP contribution is 2.27. The van der Waals surface area contributed by atoms with Crippen LogP contribution in [0.4, 0.5) is 5.69 Å². The predicted octanol–water partition coefficient (Wildman–Crippen LogP) is 2.84. The molecule has 110 valence electrons. The molecule has 0 aliphatic rings. The van der Waals surface area contributed by atoms with E-state index < -0.39 is 0 Å². The van der Waals surface area contributed by atoms with Gasteiger partial charge in [-0.05, 0) is 30.2 Å². The van der Waals surface area contributed by atoms with Crippen molar-refractivity contribution in [1.82, 2.24) is 0 Å². The Hall–Kier alpha value is -2.07. The van der Waals surface area contributed by atoms with Crippen LogP contribution in [0.5, 0.6) is 5.75 Å². The lowest BCUT2D eigenvalue weighted by atomic mass is 10.2. The van der Waals surface area contributed by atoms with Crippen LogP contribution < -0.4 is 14.6 Å². The first kappa shape index (κ1) is 15.3. The van der Waals surface area contributed by atoms with E-state index in [9.17, 15) is 4.79 Å². The lowest BCUT2D eigenvalue weighted by molar-refractivity contribution is -0.684. The summed E-state index contributed by atoms with van der Waals surface area (Å²) in [7, 11) is 1.55. The van der Waals surface area contributed by atoms with E-state index in [1.807, 2.05) is 29.1 Å². The molecule has 0 unspecified atom stereocenters. The van der Waals surface area contributed by atoms with Gasteiger partial charge in [0.15, 0.2) is 12.4 Å². The number of amides is 1. The van der Waals surface area contributed by atoms with Gasteiger partial charge in [0.2, 0.25) is 6.54 Å². The third-order valence-electron chi connectivity index (χ3n) is 3.13. The molecule has 0 radical (unpaired) electrons. The molecule has 2 rings (SSSR count). The molecule has 4 nitrogen and oxygen atoms in total. The molecule has 0 saturated heterocycles. The quantitative estimate of drug-likeness (QED) is 0.863. The zero-order chi connectivity index (χ0) is 15.2. The first-order valence-electron chi connectivity index (χ1n) is 6.73. The van der Waals surface area contributed by atoms with Gasteiger partial charge in [-0.25, -0.2) is 0 Å². The summed E-state index contributed by atoms with van der Waals surface area (Å²) in [6.07, 6.45) is 4.79. The van der Waals surface area contributed by atoms with Crippen LogP contribution in [0.3, 0.4) is 0 Å². The van der Waals surface area contributed by atoms with Crippen molar-refractivity contribution in [1.29, 1.82) is 0 Å². The number of nitrogens with one attached hydrogen (secondary N) is 1. The third-order valence-corrected chi connectivity index (χ3v) is 3.43. The van der Waals surface area contributed by atoms with Gasteiger partial charge < -0.3 is 10.1 Å². The maximum atomic E-state index is 12.0. The van der Waals surface area contributed by atoms with Crippen molar-refractivity contribution in [2.24, 2.45) is 0 Å². The maximum Gasteiger partial charge on any atom is 0.290 e. The number of rotatable bonds is 5. The van der Waals surface area contributed by atoms with Crippen LogP contribution in [0, 0.1) is 0 Å². The summed E-state index contributed by atoms with van der Waals surface area (Å²) < 4.78 is 6.91. The van der Waals surface area contributed by atoms with Gasteiger partial charge in [0.05, 0.1) is 12.1 Å². The molecule has 2 aromatic rings. The van der Waals surface area contributed by atoms with Gasteiger partial charge in [0.25, 0.3) is 5.91 Å². The molecule has 1 aromatic heterocycles. The number of methoxy groups -OCH3 is 1. The molecule has 5 heteroatoms. The molecule has 0 aliphatic heterocycles. The molecule has 0 fully saturated rings. The van der Waals surface area contributed by atoms with E-state index in [0.29, 0.717) is 16.5 Å². The van der Waals surface area contributed by atoms with E-state index in [2.05, 4.69) is 12.2 Å². The van der Waals surface area contributed by atoms with Crippen molar-refractivity contribution in [3.63, 3.8) is 0 Å². The largest absolute Gasteiger partial charge is 0.495 e. The summed E-state index contributed by atoms with van der Waals surface area (Å²) in [6.45, 7) is 2.35. The molecule has 0 aliphatic carbocycles. The van der Waals surface area contributed by atoms with Crippen molar-refractivity contribution in [3.8, 4) is 5.75 Å². The summed E-state index contributed by atoms with van der Waals surface area (Å²) in [6, 6.07) is 9.17. The number of pyridine rings is 1. The molecule has 0 spiro atoms. The number of carbonyl (C=O) groups excluding carboxylic acids is 1. The molecule has 0 atom stereocenters. The van der Waals surface area contributed by atoms with Crippen molar-refractivity contribution < 1.29 is 14.1 Å². The van der Waals surface area contributed by atoms with Crippen molar-refractivity contribution in [3.05, 3.63) is 53.3 Å². The highest BCUT2D eigenvalue weighted by Gasteiger charge is 2.10. The molecule has 1 amide bonds. The molecule has 1 aromatic carbocycles. The predicted molar refractivity (Wildman–Crippen MR) is 82.6 cm³/mol. The SMILES string of the molecule is CCc1cc[n+](CC(=O)Nc2ccc(OC)c(Cl)c2)cc1. The van der Waals surface area contributed by atoms with E-state index in [1.165, 1.54) is 5.56 Å². The van der Waals surface area contributed by atoms with Crippen LogP contribution in [0.15, 0.2) is 42.7 Å². The van der Waals surface area contributed by atoms with Gasteiger partial charge in [0.1, 0.15) is 5.75 Å². The molecule has 0 bridgehead atoms. The number of nitrogens with zero attached hydrogens (tertiary/aromatic N) is 1. The first-order valence-corrected chi connectivity index (χ1v) is 7.11. The molecule has 21 heavy (non-hydrogen) atoms. The Kier molecular flexibility index (Phi) is 5.17. The minimum atomic E-state index is -0.106. The summed E-state index contributed by atoms with van der Waals surface area (Å²) in [5.41, 5.74) is 1.89. The van der Waals surface area contributed by atoms with Gasteiger partial charge in [-0.2, -0.15) is 4.57 Å². The van der Waals surface area contributed by atoms with Gasteiger partial charge >= 0.3 is 0 Å². The fraction of sp³-hybridized carbons (Fsp3) is 0.250. The van der Waals surface area contributed by atoms with Crippen molar-refractivity contribution in [2.45, 2.75) is 19.9 Å². The topological polar surface area (TPSA) is 42.2 Å². The Balaban J connectivity index is 1.99. The van der Waals surface area contributed by atoms with Gasteiger partial charge in [-0.15, -0.1) is 0 Å². The molecule has 1 heterocycles. The number of hydrogen-bond acceptors (Lipinski definition) is 2. The average Bonchev–Trinajstić information content (AvgIpc) is 2.48. The Bertz CT molecular complexity index is 627. The van der Waals surface area contributed by atoms with E-state index in [4.69, 9.17) is 16.3 Å². The Morgan fingerprint density at radius 1 is 1.29 bits per heavy atom. The van der Waals surface area contributed by atoms with E-state index in [0.717, 1.165) is 6.42 Å². The minimum Gasteiger partial charge on any atom is -0.495 e. The second-order valence-electron chi connectivity index (χ2n) is 4.63. The molecule has 0 saturated carbocycles. The van der Waals surface area contributed by atoms with Gasteiger partial charge in [-0.3, -0.25) is 4.79 Å². The fourth-order valence-electron chi connectivity index (χ4n) is 1.94. The van der Waals surface area contributed by atoms with Crippen LogP contribution in [0.1, 0.15) is 12.5 Å². The van der Waals surface area contributed by atoms with Gasteiger partial charge in [-0.1, -0.05) is 18.5 Å². The minimum absolute atomic E-state index is 0.106. The summed E-state index contributed by atoms with van der Waals surface area (Å²) in [4.78, 5) is 12.0. The van der Waals surface area contributed by atoms with E-state index in [1.54, 1.807) is 25.3 Å². The highest BCUT2D eigenvalue weighted by molar-refractivity contribution is 6.32. The van der Waals surface area contributed by atoms with Crippen LogP contribution in [-0.4, -0.2) is 13.0 Å². The third kappa shape index (κ3) is 4.20. The second-order valence-corrected chi connectivity index (χ2v) is 5.04. The second kappa shape index (κ2) is 7.09. The number of anilines is 1. The van der Waals surface area contributed by atoms with E-state index in [-0.39, 0.29) is 12.5 Å². The van der Waals surface area contributed by atoms with E-state index >= 15 is 0 Å². The standard InChI is InChI=1S/C16H17ClN2O2/c1-3-12-6-8-19(9-7-12)11-16(20)18-13-4-5-15(21-2)14(17)10-13/h4-10H,3,11H2,1-2H3/p+1. The average molecular weight is 306 g/mol. The number of halogens is 1. The Morgan fingerprint density at radius 3 is 2.57 bits per heavy atom. The maximum absolute atomic E-state index is 12.0. The van der Waals surface area contributed by atoms with Crippen LogP contribution in [0.25, 0.3) is 0 Å². The normalized spacial score (nSPS) is 10.2. The molecule has 1 N–H and O–H groups in total. The Labute approximate surface area is 129 Å². The summed E-state index contributed by atoms with van der Waals surface area (Å²) in [5.74, 6) is 0.477. The summed E-state index contributed by atoms with van der Waals surface area (Å²) >= 11 is 6.03. The van der Waals surface area contributed by atoms with Crippen LogP contribution in [-0.2, 0) is 17.8 Å². The van der Waals surface area contributed by atoms with Gasteiger partial charge in [0, 0.05) is 17.8 Å². The highest BCUT2D eigenvalue weighted by atomic mass is 35.5. The number of aromatic nitrogens is 1. The van der Waals surface area contributed by atoms with Crippen LogP contribution >= 0.6 is 11.6 Å². The molecular weight excluding hydrogens is 288 g/mol. The number of hydrogen-bond donors (Lipinski definition) is 1. The smallest absolute Gasteiger partial charge is 0.290 e. The van der Waals surface area contributed by atoms with Crippen LogP contribution in [0.2, 0.25) is 5.02 Å². The van der Waals surface area contributed by atoms with Crippen molar-refractivity contribution in [2.75, 3.05) is 12.4 Å². The monoisotopic (exact) mass is 305 g/mol. The number of ether oxygens (including phenoxy) is 1. The number of aryl methyl sites for hydroxylation is 1. The summed E-state index contributed by atoms with van der Waals surface area (Å²) in [5, 5.41) is 3.28.